The summed E-state index contributed by atoms with van der Waals surface area (Å²) in [5, 5.41) is 3.27. The Hall–Kier alpha value is -0.130. The molecule has 0 aliphatic carbocycles. The van der Waals surface area contributed by atoms with Crippen LogP contribution < -0.4 is 5.32 Å². The van der Waals surface area contributed by atoms with Gasteiger partial charge in [-0.1, -0.05) is 0 Å². The zero-order chi connectivity index (χ0) is 9.31. The lowest BCUT2D eigenvalue weighted by Crippen LogP contribution is -2.48. The van der Waals surface area contributed by atoms with Crippen LogP contribution in [-0.4, -0.2) is 57.0 Å². The minimum absolute atomic E-state index is 0.298. The molecule has 2 fully saturated rings. The van der Waals surface area contributed by atoms with Gasteiger partial charge in [0.25, 0.3) is 0 Å². The molecule has 2 rings (SSSR count). The van der Waals surface area contributed by atoms with Crippen molar-refractivity contribution in [2.24, 2.45) is 0 Å². The van der Waals surface area contributed by atoms with Gasteiger partial charge in [-0.05, 0) is 6.42 Å². The molecule has 0 saturated carbocycles. The van der Waals surface area contributed by atoms with E-state index < -0.39 is 9.84 Å². The largest absolute Gasteiger partial charge is 0.314 e. The van der Waals surface area contributed by atoms with Gasteiger partial charge in [0.05, 0.1) is 11.5 Å². The molecule has 0 radical (unpaired) electrons. The molecule has 0 aromatic heterocycles. The predicted octanol–water partition coefficient (Wildman–Crippen LogP) is -0.921. The summed E-state index contributed by atoms with van der Waals surface area (Å²) in [6.07, 6.45) is 0.836. The van der Waals surface area contributed by atoms with Crippen molar-refractivity contribution in [2.45, 2.75) is 12.5 Å². The zero-order valence-electron chi connectivity index (χ0n) is 7.70. The molecule has 5 heteroatoms. The second-order valence-electron chi connectivity index (χ2n) is 3.84. The van der Waals surface area contributed by atoms with Crippen molar-refractivity contribution in [3.8, 4) is 0 Å². The molecule has 0 unspecified atom stereocenters. The maximum Gasteiger partial charge on any atom is 0.151 e. The zero-order valence-corrected chi connectivity index (χ0v) is 8.52. The first-order chi connectivity index (χ1) is 6.17. The van der Waals surface area contributed by atoms with E-state index in [-0.39, 0.29) is 0 Å². The van der Waals surface area contributed by atoms with E-state index in [1.165, 1.54) is 0 Å². The lowest BCUT2D eigenvalue weighted by molar-refractivity contribution is 0.187. The number of nitrogens with zero attached hydrogens (tertiary/aromatic N) is 1. The van der Waals surface area contributed by atoms with Crippen LogP contribution in [0.2, 0.25) is 0 Å². The number of rotatable bonds is 1. The SMILES string of the molecule is O=S1(=O)CC[C@@H](N2CCNCC2)C1. The molecule has 0 aromatic rings. The van der Waals surface area contributed by atoms with E-state index in [1.54, 1.807) is 0 Å². The van der Waals surface area contributed by atoms with Crippen LogP contribution >= 0.6 is 0 Å². The van der Waals surface area contributed by atoms with Gasteiger partial charge in [0.15, 0.2) is 9.84 Å². The Morgan fingerprint density at radius 3 is 2.46 bits per heavy atom. The van der Waals surface area contributed by atoms with Gasteiger partial charge in [0.2, 0.25) is 0 Å². The summed E-state index contributed by atoms with van der Waals surface area (Å²) in [5.41, 5.74) is 0. The smallest absolute Gasteiger partial charge is 0.151 e. The second kappa shape index (κ2) is 3.55. The van der Waals surface area contributed by atoms with Crippen LogP contribution in [0.5, 0.6) is 0 Å². The first-order valence-electron chi connectivity index (χ1n) is 4.82. The highest BCUT2D eigenvalue weighted by Crippen LogP contribution is 2.17. The monoisotopic (exact) mass is 204 g/mol. The van der Waals surface area contributed by atoms with Crippen LogP contribution in [0.3, 0.4) is 0 Å². The molecule has 2 saturated heterocycles. The third kappa shape index (κ3) is 2.21. The van der Waals surface area contributed by atoms with Crippen molar-refractivity contribution in [1.82, 2.24) is 10.2 Å². The van der Waals surface area contributed by atoms with Crippen molar-refractivity contribution in [2.75, 3.05) is 37.7 Å². The van der Waals surface area contributed by atoms with Crippen molar-refractivity contribution in [3.05, 3.63) is 0 Å². The molecule has 13 heavy (non-hydrogen) atoms. The van der Waals surface area contributed by atoms with Gasteiger partial charge in [-0.15, -0.1) is 0 Å². The van der Waals surface area contributed by atoms with Gasteiger partial charge < -0.3 is 5.32 Å². The number of piperazine rings is 1. The standard InChI is InChI=1S/C8H16N2O2S/c11-13(12)6-1-8(7-13)10-4-2-9-3-5-10/h8-9H,1-7H2/t8-/m1/s1. The van der Waals surface area contributed by atoms with E-state index in [4.69, 9.17) is 0 Å². The summed E-state index contributed by atoms with van der Waals surface area (Å²) in [6.45, 7) is 3.99. The Morgan fingerprint density at radius 1 is 1.23 bits per heavy atom. The fourth-order valence-corrected chi connectivity index (χ4v) is 3.87. The van der Waals surface area contributed by atoms with Crippen LogP contribution in [-0.2, 0) is 9.84 Å². The average molecular weight is 204 g/mol. The summed E-state index contributed by atoms with van der Waals surface area (Å²) in [4.78, 5) is 2.31. The summed E-state index contributed by atoms with van der Waals surface area (Å²) >= 11 is 0. The lowest BCUT2D eigenvalue weighted by atomic mass is 10.2. The number of sulfone groups is 1. The highest BCUT2D eigenvalue weighted by atomic mass is 32.2. The second-order valence-corrected chi connectivity index (χ2v) is 6.07. The molecule has 2 aliphatic heterocycles. The Labute approximate surface area is 79.2 Å². The first kappa shape index (κ1) is 9.43. The molecule has 4 nitrogen and oxygen atoms in total. The van der Waals surface area contributed by atoms with Crippen molar-refractivity contribution in [3.63, 3.8) is 0 Å². The summed E-state index contributed by atoms with van der Waals surface area (Å²) in [5.74, 6) is 0.772. The fraction of sp³-hybridized carbons (Fsp3) is 1.00. The van der Waals surface area contributed by atoms with E-state index in [9.17, 15) is 8.42 Å². The topological polar surface area (TPSA) is 49.4 Å². The lowest BCUT2D eigenvalue weighted by Gasteiger charge is -2.31. The Balaban J connectivity index is 1.95. The molecular weight excluding hydrogens is 188 g/mol. The molecule has 0 bridgehead atoms. The highest BCUT2D eigenvalue weighted by molar-refractivity contribution is 7.91. The minimum Gasteiger partial charge on any atom is -0.314 e. The van der Waals surface area contributed by atoms with E-state index in [2.05, 4.69) is 10.2 Å². The maximum absolute atomic E-state index is 11.2. The Kier molecular flexibility index (Phi) is 2.58. The molecular formula is C8H16N2O2S. The third-order valence-electron chi connectivity index (χ3n) is 2.88. The maximum atomic E-state index is 11.2. The Bertz CT molecular complexity index is 270. The molecule has 0 aromatic carbocycles. The van der Waals surface area contributed by atoms with E-state index in [0.29, 0.717) is 17.5 Å². The molecule has 76 valence electrons. The first-order valence-corrected chi connectivity index (χ1v) is 6.65. The molecule has 1 N–H and O–H groups in total. The molecule has 0 spiro atoms. The van der Waals surface area contributed by atoms with Crippen LogP contribution in [0.1, 0.15) is 6.42 Å². The van der Waals surface area contributed by atoms with Gasteiger partial charge >= 0.3 is 0 Å². The summed E-state index contributed by atoms with van der Waals surface area (Å²) < 4.78 is 22.5. The van der Waals surface area contributed by atoms with Crippen LogP contribution in [0, 0.1) is 0 Å². The van der Waals surface area contributed by atoms with Crippen LogP contribution in [0.4, 0.5) is 0 Å². The van der Waals surface area contributed by atoms with E-state index in [0.717, 1.165) is 32.6 Å². The summed E-state index contributed by atoms with van der Waals surface area (Å²) in [7, 11) is -2.71. The van der Waals surface area contributed by atoms with Gasteiger partial charge in [-0.2, -0.15) is 0 Å². The summed E-state index contributed by atoms with van der Waals surface area (Å²) in [6, 6.07) is 0.298. The highest BCUT2D eigenvalue weighted by Gasteiger charge is 2.32. The van der Waals surface area contributed by atoms with Crippen LogP contribution in [0.25, 0.3) is 0 Å². The van der Waals surface area contributed by atoms with E-state index >= 15 is 0 Å². The molecule has 2 heterocycles. The van der Waals surface area contributed by atoms with Gasteiger partial charge in [-0.3, -0.25) is 4.90 Å². The predicted molar refractivity (Wildman–Crippen MR) is 51.5 cm³/mol. The molecule has 2 aliphatic rings. The Morgan fingerprint density at radius 2 is 1.92 bits per heavy atom. The average Bonchev–Trinajstić information content (AvgIpc) is 2.48. The van der Waals surface area contributed by atoms with Gasteiger partial charge in [0, 0.05) is 32.2 Å². The quantitative estimate of drug-likeness (QED) is 0.600. The van der Waals surface area contributed by atoms with E-state index in [1.807, 2.05) is 0 Å². The number of nitrogens with one attached hydrogen (secondary N) is 1. The van der Waals surface area contributed by atoms with Gasteiger partial charge in [-0.25, -0.2) is 8.42 Å². The molecule has 0 amide bonds. The fourth-order valence-electron chi connectivity index (χ4n) is 2.11. The van der Waals surface area contributed by atoms with Crippen molar-refractivity contribution >= 4 is 9.84 Å². The van der Waals surface area contributed by atoms with Gasteiger partial charge in [0.1, 0.15) is 0 Å². The third-order valence-corrected chi connectivity index (χ3v) is 4.63. The minimum atomic E-state index is -2.71. The number of hydrogen-bond acceptors (Lipinski definition) is 4. The normalized spacial score (nSPS) is 34.9. The number of hydrogen-bond donors (Lipinski definition) is 1. The van der Waals surface area contributed by atoms with Crippen molar-refractivity contribution in [1.29, 1.82) is 0 Å². The van der Waals surface area contributed by atoms with Crippen LogP contribution in [0.15, 0.2) is 0 Å². The molecule has 1 atom stereocenters. The van der Waals surface area contributed by atoms with Crippen molar-refractivity contribution < 1.29 is 8.42 Å².